The second-order valence-electron chi connectivity index (χ2n) is 3.67. The van der Waals surface area contributed by atoms with Crippen molar-refractivity contribution in [3.63, 3.8) is 0 Å². The molecule has 0 spiro atoms. The Balaban J connectivity index is 2.38. The maximum absolute atomic E-state index is 11.7. The van der Waals surface area contributed by atoms with Crippen molar-refractivity contribution in [2.24, 2.45) is 0 Å². The topological polar surface area (TPSA) is 84.6 Å². The molecule has 0 unspecified atom stereocenters. The maximum Gasteiger partial charge on any atom is 0.411 e. The molecule has 0 atom stereocenters. The van der Waals surface area contributed by atoms with Gasteiger partial charge in [0.05, 0.1) is 17.9 Å². The van der Waals surface area contributed by atoms with Gasteiger partial charge in [0.15, 0.2) is 5.75 Å². The quantitative estimate of drug-likeness (QED) is 0.430. The number of para-hydroxylation sites is 1. The molecule has 0 radical (unpaired) electrons. The Morgan fingerprint density at radius 3 is 2.74 bits per heavy atom. The minimum absolute atomic E-state index is 0.0426. The predicted molar refractivity (Wildman–Crippen MR) is 61.7 cm³/mol. The van der Waals surface area contributed by atoms with Crippen molar-refractivity contribution in [3.05, 3.63) is 23.8 Å². The molecule has 0 aromatic heterocycles. The van der Waals surface area contributed by atoms with Crippen LogP contribution in [0.3, 0.4) is 0 Å². The highest BCUT2D eigenvalue weighted by Crippen LogP contribution is 2.23. The van der Waals surface area contributed by atoms with E-state index >= 15 is 0 Å². The molecule has 1 rings (SSSR count). The molecule has 1 amide bonds. The lowest BCUT2D eigenvalue weighted by Gasteiger charge is -2.09. The van der Waals surface area contributed by atoms with Crippen LogP contribution in [0.25, 0.3) is 0 Å². The van der Waals surface area contributed by atoms with Gasteiger partial charge in [-0.3, -0.25) is 4.79 Å². The molecule has 0 saturated heterocycles. The number of ether oxygens (including phenoxy) is 1. The lowest BCUT2D eigenvalue weighted by Crippen LogP contribution is -2.29. The summed E-state index contributed by atoms with van der Waals surface area (Å²) >= 11 is 0. The van der Waals surface area contributed by atoms with Crippen LogP contribution in [0.1, 0.15) is 10.4 Å². The summed E-state index contributed by atoms with van der Waals surface area (Å²) in [4.78, 5) is 11.6. The molecule has 0 saturated carbocycles. The number of hydrogen-bond acceptors (Lipinski definition) is 4. The van der Waals surface area contributed by atoms with Crippen molar-refractivity contribution >= 4 is 11.6 Å². The van der Waals surface area contributed by atoms with Gasteiger partial charge < -0.3 is 20.9 Å². The van der Waals surface area contributed by atoms with Crippen LogP contribution >= 0.6 is 0 Å². The SMILES string of the molecule is Nc1cccc(C(=O)NCCOCC(F)(F)F)c1O. The van der Waals surface area contributed by atoms with Crippen molar-refractivity contribution in [3.8, 4) is 5.75 Å². The van der Waals surface area contributed by atoms with Crippen LogP contribution in [-0.2, 0) is 4.74 Å². The summed E-state index contributed by atoms with van der Waals surface area (Å²) in [6.07, 6.45) is -4.39. The first-order valence-electron chi connectivity index (χ1n) is 5.31. The number of nitrogen functional groups attached to an aromatic ring is 1. The summed E-state index contributed by atoms with van der Waals surface area (Å²) in [5.41, 5.74) is 5.40. The molecular weight excluding hydrogens is 265 g/mol. The molecule has 0 aliphatic rings. The van der Waals surface area contributed by atoms with E-state index < -0.39 is 18.7 Å². The van der Waals surface area contributed by atoms with E-state index in [-0.39, 0.29) is 30.2 Å². The molecule has 106 valence electrons. The summed E-state index contributed by atoms with van der Waals surface area (Å²) in [7, 11) is 0. The highest BCUT2D eigenvalue weighted by Gasteiger charge is 2.27. The number of anilines is 1. The number of phenols is 1. The molecule has 0 heterocycles. The van der Waals surface area contributed by atoms with Gasteiger partial charge in [-0.05, 0) is 12.1 Å². The minimum Gasteiger partial charge on any atom is -0.505 e. The summed E-state index contributed by atoms with van der Waals surface area (Å²) in [5, 5.41) is 11.8. The number of benzene rings is 1. The molecule has 19 heavy (non-hydrogen) atoms. The lowest BCUT2D eigenvalue weighted by molar-refractivity contribution is -0.173. The lowest BCUT2D eigenvalue weighted by atomic mass is 10.1. The van der Waals surface area contributed by atoms with E-state index in [1.165, 1.54) is 18.2 Å². The number of aromatic hydroxyl groups is 1. The van der Waals surface area contributed by atoms with Gasteiger partial charge in [0.2, 0.25) is 0 Å². The first-order valence-corrected chi connectivity index (χ1v) is 5.31. The van der Waals surface area contributed by atoms with Gasteiger partial charge in [0.1, 0.15) is 6.61 Å². The van der Waals surface area contributed by atoms with Crippen molar-refractivity contribution in [1.29, 1.82) is 0 Å². The fraction of sp³-hybridized carbons (Fsp3) is 0.364. The normalized spacial score (nSPS) is 11.3. The van der Waals surface area contributed by atoms with E-state index in [9.17, 15) is 23.1 Å². The monoisotopic (exact) mass is 278 g/mol. The average Bonchev–Trinajstić information content (AvgIpc) is 2.30. The van der Waals surface area contributed by atoms with Crippen LogP contribution in [0.5, 0.6) is 5.75 Å². The molecule has 4 N–H and O–H groups in total. The molecule has 0 bridgehead atoms. The summed E-state index contributed by atoms with van der Waals surface area (Å²) in [6, 6.07) is 4.24. The summed E-state index contributed by atoms with van der Waals surface area (Å²) in [6.45, 7) is -1.76. The van der Waals surface area contributed by atoms with Crippen LogP contribution in [0.4, 0.5) is 18.9 Å². The minimum atomic E-state index is -4.39. The van der Waals surface area contributed by atoms with Gasteiger partial charge in [0.25, 0.3) is 5.91 Å². The van der Waals surface area contributed by atoms with Crippen molar-refractivity contribution < 1.29 is 27.8 Å². The molecular formula is C11H13F3N2O3. The average molecular weight is 278 g/mol. The van der Waals surface area contributed by atoms with Crippen LogP contribution in [0.15, 0.2) is 18.2 Å². The van der Waals surface area contributed by atoms with E-state index in [1.807, 2.05) is 0 Å². The molecule has 0 fully saturated rings. The number of carbonyl (C=O) groups is 1. The maximum atomic E-state index is 11.7. The smallest absolute Gasteiger partial charge is 0.411 e. The van der Waals surface area contributed by atoms with Crippen LogP contribution in [0.2, 0.25) is 0 Å². The Labute approximate surface area is 107 Å². The number of nitrogens with one attached hydrogen (secondary N) is 1. The molecule has 5 nitrogen and oxygen atoms in total. The Hall–Kier alpha value is -1.96. The third-order valence-corrected chi connectivity index (χ3v) is 2.11. The zero-order valence-electron chi connectivity index (χ0n) is 9.83. The molecule has 1 aromatic carbocycles. The molecule has 0 aliphatic heterocycles. The van der Waals surface area contributed by atoms with Crippen LogP contribution < -0.4 is 11.1 Å². The predicted octanol–water partition coefficient (Wildman–Crippen LogP) is 1.28. The fourth-order valence-corrected chi connectivity index (χ4v) is 1.26. The third kappa shape index (κ3) is 5.04. The number of phenolic OH excluding ortho intramolecular Hbond substituents is 1. The van der Waals surface area contributed by atoms with E-state index in [0.717, 1.165) is 0 Å². The van der Waals surface area contributed by atoms with Gasteiger partial charge in [-0.1, -0.05) is 6.07 Å². The standard InChI is InChI=1S/C11H13F3N2O3/c12-11(13,14)6-19-5-4-16-10(18)7-2-1-3-8(15)9(7)17/h1-3,17H,4-6,15H2,(H,16,18). The number of halogens is 3. The first-order chi connectivity index (χ1) is 8.81. The number of rotatable bonds is 5. The second-order valence-corrected chi connectivity index (χ2v) is 3.67. The zero-order chi connectivity index (χ0) is 14.5. The zero-order valence-corrected chi connectivity index (χ0v) is 9.83. The number of carbonyl (C=O) groups excluding carboxylic acids is 1. The highest BCUT2D eigenvalue weighted by atomic mass is 19.4. The molecule has 1 aromatic rings. The van der Waals surface area contributed by atoms with Crippen LogP contribution in [0, 0.1) is 0 Å². The first kappa shape index (κ1) is 15.1. The van der Waals surface area contributed by atoms with E-state index in [0.29, 0.717) is 0 Å². The van der Waals surface area contributed by atoms with Crippen molar-refractivity contribution in [1.82, 2.24) is 5.32 Å². The van der Waals surface area contributed by atoms with E-state index in [4.69, 9.17) is 5.73 Å². The van der Waals surface area contributed by atoms with E-state index in [1.54, 1.807) is 0 Å². The summed E-state index contributed by atoms with van der Waals surface area (Å²) < 4.78 is 39.5. The largest absolute Gasteiger partial charge is 0.505 e. The van der Waals surface area contributed by atoms with Gasteiger partial charge >= 0.3 is 6.18 Å². The van der Waals surface area contributed by atoms with Gasteiger partial charge in [-0.25, -0.2) is 0 Å². The number of hydrogen-bond donors (Lipinski definition) is 3. The number of amides is 1. The highest BCUT2D eigenvalue weighted by molar-refractivity contribution is 5.98. The Bertz CT molecular complexity index is 449. The van der Waals surface area contributed by atoms with Crippen molar-refractivity contribution in [2.75, 3.05) is 25.5 Å². The van der Waals surface area contributed by atoms with E-state index in [2.05, 4.69) is 10.1 Å². The van der Waals surface area contributed by atoms with Gasteiger partial charge in [-0.15, -0.1) is 0 Å². The van der Waals surface area contributed by atoms with Crippen molar-refractivity contribution in [2.45, 2.75) is 6.18 Å². The summed E-state index contributed by atoms with van der Waals surface area (Å²) in [5.74, 6) is -1.00. The Morgan fingerprint density at radius 1 is 1.42 bits per heavy atom. The molecule has 8 heteroatoms. The fourth-order valence-electron chi connectivity index (χ4n) is 1.26. The second kappa shape index (κ2) is 6.28. The Morgan fingerprint density at radius 2 is 2.11 bits per heavy atom. The number of alkyl halides is 3. The number of nitrogens with two attached hydrogens (primary N) is 1. The van der Waals surface area contributed by atoms with Gasteiger partial charge in [0, 0.05) is 6.54 Å². The Kier molecular flexibility index (Phi) is 4.99. The third-order valence-electron chi connectivity index (χ3n) is 2.11. The van der Waals surface area contributed by atoms with Crippen LogP contribution in [-0.4, -0.2) is 36.9 Å². The molecule has 0 aliphatic carbocycles. The van der Waals surface area contributed by atoms with Gasteiger partial charge in [-0.2, -0.15) is 13.2 Å².